The number of para-hydroxylation sites is 1. The van der Waals surface area contributed by atoms with Crippen molar-refractivity contribution in [2.45, 2.75) is 19.4 Å². The summed E-state index contributed by atoms with van der Waals surface area (Å²) < 4.78 is 7.78. The number of Topliss-reactive ketones (excluding diaryl/α,β-unsaturated/α-hetero) is 1. The van der Waals surface area contributed by atoms with Crippen molar-refractivity contribution in [3.8, 4) is 0 Å². The second-order valence-electron chi connectivity index (χ2n) is 6.25. The normalized spacial score (nSPS) is 12.0. The molecule has 0 aliphatic carbocycles. The quantitative estimate of drug-likeness (QED) is 0.513. The summed E-state index contributed by atoms with van der Waals surface area (Å²) in [4.78, 5) is 12.8. The van der Waals surface area contributed by atoms with Crippen LogP contribution in [0.15, 0.2) is 55.1 Å². The van der Waals surface area contributed by atoms with Crippen LogP contribution in [0.4, 0.5) is 0 Å². The third-order valence-electron chi connectivity index (χ3n) is 4.28. The lowest BCUT2D eigenvalue weighted by Gasteiger charge is -2.23. The number of nitrogens with zero attached hydrogens (tertiary/aromatic N) is 1. The lowest BCUT2D eigenvalue weighted by molar-refractivity contribution is 0.00789. The van der Waals surface area contributed by atoms with Crippen LogP contribution in [-0.2, 0) is 11.8 Å². The van der Waals surface area contributed by atoms with Crippen LogP contribution in [0.2, 0.25) is 0 Å². The fourth-order valence-corrected chi connectivity index (χ4v) is 2.99. The van der Waals surface area contributed by atoms with Gasteiger partial charge in [-0.25, -0.2) is 0 Å². The number of carbonyl (C=O) groups is 1. The van der Waals surface area contributed by atoms with E-state index in [1.165, 1.54) is 0 Å². The molecule has 0 atom stereocenters. The van der Waals surface area contributed by atoms with E-state index in [0.29, 0.717) is 12.2 Å². The predicted molar refractivity (Wildman–Crippen MR) is 95.0 cm³/mol. The van der Waals surface area contributed by atoms with Gasteiger partial charge in [-0.05, 0) is 38.1 Å². The Labute approximate surface area is 136 Å². The molecule has 23 heavy (non-hydrogen) atoms. The number of benzene rings is 2. The van der Waals surface area contributed by atoms with Gasteiger partial charge in [0.15, 0.2) is 5.78 Å². The van der Waals surface area contributed by atoms with Crippen LogP contribution in [0.25, 0.3) is 21.8 Å². The number of hydrogen-bond donors (Lipinski definition) is 0. The third-order valence-corrected chi connectivity index (χ3v) is 4.28. The molecule has 0 spiro atoms. The fourth-order valence-electron chi connectivity index (χ4n) is 2.99. The van der Waals surface area contributed by atoms with Crippen molar-refractivity contribution < 1.29 is 9.53 Å². The Morgan fingerprint density at radius 1 is 1.17 bits per heavy atom. The molecule has 3 aromatic rings. The van der Waals surface area contributed by atoms with E-state index < -0.39 is 5.60 Å². The number of aryl methyl sites for hydroxylation is 1. The van der Waals surface area contributed by atoms with Crippen LogP contribution in [0, 0.1) is 0 Å². The van der Waals surface area contributed by atoms with Gasteiger partial charge >= 0.3 is 0 Å². The van der Waals surface area contributed by atoms with E-state index in [1.54, 1.807) is 19.9 Å². The molecule has 3 rings (SSSR count). The van der Waals surface area contributed by atoms with Crippen LogP contribution in [0.1, 0.15) is 24.2 Å². The maximum atomic E-state index is 12.8. The van der Waals surface area contributed by atoms with E-state index in [9.17, 15) is 4.79 Å². The number of ketones is 1. The number of hydrogen-bond acceptors (Lipinski definition) is 2. The van der Waals surface area contributed by atoms with Gasteiger partial charge in [-0.2, -0.15) is 0 Å². The minimum absolute atomic E-state index is 0.0193. The van der Waals surface area contributed by atoms with Gasteiger partial charge in [-0.3, -0.25) is 4.79 Å². The zero-order valence-corrected chi connectivity index (χ0v) is 13.8. The lowest BCUT2D eigenvalue weighted by Crippen LogP contribution is -2.35. The number of aromatic nitrogens is 1. The smallest absolute Gasteiger partial charge is 0.194 e. The minimum atomic E-state index is -0.869. The number of fused-ring (bicyclic) bond motifs is 3. The van der Waals surface area contributed by atoms with Gasteiger partial charge in [0.05, 0.1) is 6.61 Å². The molecule has 0 radical (unpaired) electrons. The van der Waals surface area contributed by atoms with Crippen molar-refractivity contribution in [2.24, 2.45) is 7.05 Å². The molecule has 0 unspecified atom stereocenters. The first-order valence-electron chi connectivity index (χ1n) is 7.72. The second kappa shape index (κ2) is 5.67. The first-order chi connectivity index (χ1) is 11.0. The van der Waals surface area contributed by atoms with Crippen LogP contribution in [0.5, 0.6) is 0 Å². The Hall–Kier alpha value is -2.39. The summed E-state index contributed by atoms with van der Waals surface area (Å²) in [6.07, 6.45) is 1.66. The first kappa shape index (κ1) is 15.5. The topological polar surface area (TPSA) is 31.2 Å². The predicted octanol–water partition coefficient (Wildman–Crippen LogP) is 4.50. The molecule has 1 aromatic heterocycles. The summed E-state index contributed by atoms with van der Waals surface area (Å²) in [6, 6.07) is 14.1. The van der Waals surface area contributed by atoms with Crippen molar-refractivity contribution in [3.05, 3.63) is 60.7 Å². The van der Waals surface area contributed by atoms with Crippen molar-refractivity contribution in [1.82, 2.24) is 4.57 Å². The van der Waals surface area contributed by atoms with Crippen molar-refractivity contribution in [1.29, 1.82) is 0 Å². The number of ether oxygens (including phenoxy) is 1. The molecule has 0 amide bonds. The average molecular weight is 307 g/mol. The molecule has 0 aliphatic rings. The molecule has 3 heteroatoms. The largest absolute Gasteiger partial charge is 0.363 e. The van der Waals surface area contributed by atoms with Gasteiger partial charge in [0.1, 0.15) is 5.60 Å². The monoisotopic (exact) mass is 307 g/mol. The van der Waals surface area contributed by atoms with Crippen LogP contribution in [-0.4, -0.2) is 22.6 Å². The first-order valence-corrected chi connectivity index (χ1v) is 7.72. The van der Waals surface area contributed by atoms with E-state index in [4.69, 9.17) is 4.74 Å². The average Bonchev–Trinajstić information content (AvgIpc) is 2.85. The van der Waals surface area contributed by atoms with Gasteiger partial charge in [-0.15, -0.1) is 6.58 Å². The van der Waals surface area contributed by atoms with Crippen molar-refractivity contribution in [2.75, 3.05) is 6.61 Å². The molecule has 0 bridgehead atoms. The lowest BCUT2D eigenvalue weighted by atomic mass is 9.95. The highest BCUT2D eigenvalue weighted by Crippen LogP contribution is 2.30. The van der Waals surface area contributed by atoms with E-state index >= 15 is 0 Å². The molecule has 0 fully saturated rings. The molecule has 118 valence electrons. The van der Waals surface area contributed by atoms with E-state index in [2.05, 4.69) is 23.3 Å². The van der Waals surface area contributed by atoms with Gasteiger partial charge in [0.2, 0.25) is 0 Å². The van der Waals surface area contributed by atoms with E-state index in [0.717, 1.165) is 21.8 Å². The minimum Gasteiger partial charge on any atom is -0.363 e. The summed E-state index contributed by atoms with van der Waals surface area (Å²) in [5, 5.41) is 2.25. The third kappa shape index (κ3) is 2.57. The summed E-state index contributed by atoms with van der Waals surface area (Å²) in [7, 11) is 2.04. The zero-order valence-electron chi connectivity index (χ0n) is 13.8. The molecule has 2 aromatic carbocycles. The SMILES string of the molecule is C=CCOC(C)(C)C(=O)c1ccc2c(c1)c1ccccc1n2C. The molecular formula is C20H21NO2. The fraction of sp³-hybridized carbons (Fsp3) is 0.250. The highest BCUT2D eigenvalue weighted by molar-refractivity contribution is 6.12. The standard InChI is InChI=1S/C20H21NO2/c1-5-12-23-20(2,3)19(22)14-10-11-18-16(13-14)15-8-6-7-9-17(15)21(18)4/h5-11,13H,1,12H2,2-4H3. The highest BCUT2D eigenvalue weighted by Gasteiger charge is 2.29. The summed E-state index contributed by atoms with van der Waals surface area (Å²) in [5.41, 5.74) is 2.08. The van der Waals surface area contributed by atoms with Crippen molar-refractivity contribution >= 4 is 27.6 Å². The van der Waals surface area contributed by atoms with E-state index in [-0.39, 0.29) is 5.78 Å². The maximum Gasteiger partial charge on any atom is 0.194 e. The summed E-state index contributed by atoms with van der Waals surface area (Å²) >= 11 is 0. The van der Waals surface area contributed by atoms with Gasteiger partial charge < -0.3 is 9.30 Å². The molecule has 0 saturated carbocycles. The van der Waals surface area contributed by atoms with E-state index in [1.807, 2.05) is 37.4 Å². The Kier molecular flexibility index (Phi) is 3.82. The molecule has 0 N–H and O–H groups in total. The summed E-state index contributed by atoms with van der Waals surface area (Å²) in [6.45, 7) is 7.59. The van der Waals surface area contributed by atoms with Crippen LogP contribution in [0.3, 0.4) is 0 Å². The number of carbonyl (C=O) groups excluding carboxylic acids is 1. The Morgan fingerprint density at radius 2 is 1.87 bits per heavy atom. The molecule has 0 saturated heterocycles. The molecule has 0 aliphatic heterocycles. The molecule has 1 heterocycles. The van der Waals surface area contributed by atoms with Gasteiger partial charge in [-0.1, -0.05) is 24.3 Å². The zero-order chi connectivity index (χ0) is 16.6. The number of rotatable bonds is 5. The highest BCUT2D eigenvalue weighted by atomic mass is 16.5. The summed E-state index contributed by atoms with van der Waals surface area (Å²) in [5.74, 6) is -0.0193. The maximum absolute atomic E-state index is 12.8. The Bertz CT molecular complexity index is 903. The van der Waals surface area contributed by atoms with Crippen LogP contribution >= 0.6 is 0 Å². The molecule has 3 nitrogen and oxygen atoms in total. The van der Waals surface area contributed by atoms with Crippen molar-refractivity contribution in [3.63, 3.8) is 0 Å². The van der Waals surface area contributed by atoms with Crippen LogP contribution < -0.4 is 0 Å². The molecular weight excluding hydrogens is 286 g/mol. The Balaban J connectivity index is 2.11. The second-order valence-corrected chi connectivity index (χ2v) is 6.25. The van der Waals surface area contributed by atoms with Gasteiger partial charge in [0.25, 0.3) is 0 Å². The Morgan fingerprint density at radius 3 is 2.61 bits per heavy atom. The van der Waals surface area contributed by atoms with Gasteiger partial charge in [0, 0.05) is 34.4 Å².